The second-order valence-electron chi connectivity index (χ2n) is 6.77. The Balaban J connectivity index is 1.66. The third kappa shape index (κ3) is 3.96. The molecule has 0 spiro atoms. The van der Waals surface area contributed by atoms with E-state index in [1.165, 1.54) is 17.4 Å². The Kier molecular flexibility index (Phi) is 5.61. The number of thiazole rings is 1. The largest absolute Gasteiger partial charge is 0.298 e. The van der Waals surface area contributed by atoms with Gasteiger partial charge in [0.2, 0.25) is 0 Å². The van der Waals surface area contributed by atoms with E-state index >= 15 is 0 Å². The molecule has 0 saturated heterocycles. The summed E-state index contributed by atoms with van der Waals surface area (Å²) in [7, 11) is 0. The van der Waals surface area contributed by atoms with Gasteiger partial charge in [-0.15, -0.1) is 11.3 Å². The van der Waals surface area contributed by atoms with Gasteiger partial charge in [-0.2, -0.15) is 5.10 Å². The fraction of sp³-hybridized carbons (Fsp3) is 0.143. The Bertz CT molecular complexity index is 1220. The maximum Gasteiger partial charge on any atom is 0.261 e. The number of pyridine rings is 1. The molecule has 152 valence electrons. The van der Waals surface area contributed by atoms with E-state index in [4.69, 9.17) is 11.6 Å². The number of nitrogens with one attached hydrogen (secondary N) is 1. The van der Waals surface area contributed by atoms with Gasteiger partial charge in [-0.25, -0.2) is 9.37 Å². The highest BCUT2D eigenvalue weighted by molar-refractivity contribution is 7.14. The maximum absolute atomic E-state index is 14.4. The first kappa shape index (κ1) is 20.2. The first-order chi connectivity index (χ1) is 14.4. The van der Waals surface area contributed by atoms with Gasteiger partial charge < -0.3 is 0 Å². The molecule has 1 aromatic carbocycles. The predicted molar refractivity (Wildman–Crippen MR) is 116 cm³/mol. The highest BCUT2D eigenvalue weighted by atomic mass is 35.5. The topological polar surface area (TPSA) is 72.7 Å². The van der Waals surface area contributed by atoms with Crippen LogP contribution in [0.4, 0.5) is 9.52 Å². The van der Waals surface area contributed by atoms with Crippen molar-refractivity contribution in [1.82, 2.24) is 19.7 Å². The van der Waals surface area contributed by atoms with E-state index in [0.717, 1.165) is 0 Å². The third-order valence-corrected chi connectivity index (χ3v) is 5.42. The first-order valence-corrected chi connectivity index (χ1v) is 10.4. The molecular formula is C21H17ClFN5OS. The number of carbonyl (C=O) groups excluding carboxylic acids is 1. The van der Waals surface area contributed by atoms with Gasteiger partial charge in [0.25, 0.3) is 5.91 Å². The zero-order valence-electron chi connectivity index (χ0n) is 16.1. The second-order valence-corrected chi connectivity index (χ2v) is 8.04. The maximum atomic E-state index is 14.4. The molecule has 3 aromatic heterocycles. The van der Waals surface area contributed by atoms with Crippen LogP contribution in [0, 0.1) is 5.82 Å². The number of rotatable bonds is 5. The molecule has 0 fully saturated rings. The summed E-state index contributed by atoms with van der Waals surface area (Å²) in [6.07, 6.45) is 3.24. The highest BCUT2D eigenvalue weighted by Gasteiger charge is 2.22. The number of benzene rings is 1. The minimum atomic E-state index is -0.443. The number of hydrogen-bond donors (Lipinski definition) is 1. The van der Waals surface area contributed by atoms with Crippen LogP contribution in [-0.4, -0.2) is 25.7 Å². The molecule has 9 heteroatoms. The summed E-state index contributed by atoms with van der Waals surface area (Å²) < 4.78 is 16.0. The number of aromatic nitrogens is 4. The van der Waals surface area contributed by atoms with E-state index < -0.39 is 11.7 Å². The van der Waals surface area contributed by atoms with Crippen molar-refractivity contribution < 1.29 is 9.18 Å². The number of amides is 1. The van der Waals surface area contributed by atoms with Gasteiger partial charge in [0.15, 0.2) is 5.13 Å². The summed E-state index contributed by atoms with van der Waals surface area (Å²) in [5, 5.41) is 9.83. The molecule has 0 aliphatic heterocycles. The second kappa shape index (κ2) is 8.33. The van der Waals surface area contributed by atoms with Gasteiger partial charge in [-0.3, -0.25) is 19.8 Å². The fourth-order valence-electron chi connectivity index (χ4n) is 2.85. The van der Waals surface area contributed by atoms with Crippen molar-refractivity contribution >= 4 is 34.0 Å². The van der Waals surface area contributed by atoms with Crippen molar-refractivity contribution in [3.05, 3.63) is 70.6 Å². The van der Waals surface area contributed by atoms with Crippen LogP contribution in [0.1, 0.15) is 30.2 Å². The lowest BCUT2D eigenvalue weighted by molar-refractivity contribution is 0.102. The van der Waals surface area contributed by atoms with Gasteiger partial charge in [-0.05, 0) is 38.1 Å². The summed E-state index contributed by atoms with van der Waals surface area (Å²) in [5.74, 6) is -0.866. The van der Waals surface area contributed by atoms with Crippen LogP contribution in [0.3, 0.4) is 0 Å². The molecule has 0 atom stereocenters. The van der Waals surface area contributed by atoms with Gasteiger partial charge >= 0.3 is 0 Å². The highest BCUT2D eigenvalue weighted by Crippen LogP contribution is 2.30. The zero-order valence-corrected chi connectivity index (χ0v) is 17.7. The van der Waals surface area contributed by atoms with Crippen molar-refractivity contribution in [2.75, 3.05) is 5.32 Å². The Hall–Kier alpha value is -3.10. The normalized spacial score (nSPS) is 11.1. The molecule has 0 unspecified atom stereocenters. The Morgan fingerprint density at radius 1 is 1.20 bits per heavy atom. The Morgan fingerprint density at radius 2 is 2.00 bits per heavy atom. The SMILES string of the molecule is CC(C)n1cc(C(=O)Nc2nc(-c3ncccc3Cl)cs2)c(-c2ccccc2F)n1. The molecule has 4 aromatic rings. The van der Waals surface area contributed by atoms with Crippen LogP contribution in [0.2, 0.25) is 5.02 Å². The average molecular weight is 442 g/mol. The van der Waals surface area contributed by atoms with E-state index in [2.05, 4.69) is 20.4 Å². The molecular weight excluding hydrogens is 425 g/mol. The molecule has 0 aliphatic carbocycles. The van der Waals surface area contributed by atoms with Crippen molar-refractivity contribution in [2.45, 2.75) is 19.9 Å². The molecule has 1 amide bonds. The Labute approximate surface area is 181 Å². The van der Waals surface area contributed by atoms with Gasteiger partial charge in [0.1, 0.15) is 22.9 Å². The van der Waals surface area contributed by atoms with Crippen molar-refractivity contribution in [3.8, 4) is 22.6 Å². The smallest absolute Gasteiger partial charge is 0.261 e. The van der Waals surface area contributed by atoms with Crippen LogP contribution in [0.15, 0.2) is 54.2 Å². The van der Waals surface area contributed by atoms with E-state index in [9.17, 15) is 9.18 Å². The predicted octanol–water partition coefficient (Wildman–Crippen LogP) is 5.69. The molecule has 3 heterocycles. The van der Waals surface area contributed by atoms with E-state index in [0.29, 0.717) is 21.5 Å². The number of nitrogens with zero attached hydrogens (tertiary/aromatic N) is 4. The molecule has 6 nitrogen and oxygen atoms in total. The number of halogens is 2. The monoisotopic (exact) mass is 441 g/mol. The van der Waals surface area contributed by atoms with Gasteiger partial charge in [0.05, 0.1) is 10.6 Å². The molecule has 0 radical (unpaired) electrons. The van der Waals surface area contributed by atoms with Crippen LogP contribution in [0.25, 0.3) is 22.6 Å². The standard InChI is InChI=1S/C21H17ClFN5OS/c1-12(2)28-10-14(18(27-28)13-6-3-4-8-16(13)23)20(29)26-21-25-17(11-30-21)19-15(22)7-5-9-24-19/h3-12H,1-2H3,(H,25,26,29). The molecule has 1 N–H and O–H groups in total. The lowest BCUT2D eigenvalue weighted by atomic mass is 10.1. The van der Waals surface area contributed by atoms with Gasteiger partial charge in [-0.1, -0.05) is 23.7 Å². The molecule has 0 saturated carbocycles. The molecule has 0 bridgehead atoms. The molecule has 4 rings (SSSR count). The van der Waals surface area contributed by atoms with Crippen LogP contribution < -0.4 is 5.32 Å². The summed E-state index contributed by atoms with van der Waals surface area (Å²) in [6, 6.07) is 9.71. The van der Waals surface area contributed by atoms with E-state index in [-0.39, 0.29) is 22.9 Å². The van der Waals surface area contributed by atoms with Gasteiger partial charge in [0, 0.05) is 29.4 Å². The van der Waals surface area contributed by atoms with Crippen LogP contribution in [-0.2, 0) is 0 Å². The summed E-state index contributed by atoms with van der Waals surface area (Å²) >= 11 is 7.42. The Morgan fingerprint density at radius 3 is 2.73 bits per heavy atom. The van der Waals surface area contributed by atoms with Crippen LogP contribution >= 0.6 is 22.9 Å². The van der Waals surface area contributed by atoms with E-state index in [1.54, 1.807) is 52.8 Å². The van der Waals surface area contributed by atoms with E-state index in [1.807, 2.05) is 13.8 Å². The zero-order chi connectivity index (χ0) is 21.3. The minimum Gasteiger partial charge on any atom is -0.298 e. The number of hydrogen-bond acceptors (Lipinski definition) is 5. The quantitative estimate of drug-likeness (QED) is 0.431. The molecule has 0 aliphatic rings. The number of anilines is 1. The van der Waals surface area contributed by atoms with Crippen LogP contribution in [0.5, 0.6) is 0 Å². The summed E-state index contributed by atoms with van der Waals surface area (Å²) in [6.45, 7) is 3.87. The summed E-state index contributed by atoms with van der Waals surface area (Å²) in [5.41, 5.74) is 1.91. The molecule has 30 heavy (non-hydrogen) atoms. The minimum absolute atomic E-state index is 0.00911. The van der Waals surface area contributed by atoms with Crippen molar-refractivity contribution in [3.63, 3.8) is 0 Å². The first-order valence-electron chi connectivity index (χ1n) is 9.16. The van der Waals surface area contributed by atoms with Crippen molar-refractivity contribution in [2.24, 2.45) is 0 Å². The average Bonchev–Trinajstić information content (AvgIpc) is 3.36. The third-order valence-electron chi connectivity index (χ3n) is 4.36. The lowest BCUT2D eigenvalue weighted by Crippen LogP contribution is -2.12. The summed E-state index contributed by atoms with van der Waals surface area (Å²) in [4.78, 5) is 21.6. The lowest BCUT2D eigenvalue weighted by Gasteiger charge is -2.04. The fourth-order valence-corrected chi connectivity index (χ4v) is 3.76. The van der Waals surface area contributed by atoms with Crippen molar-refractivity contribution in [1.29, 1.82) is 0 Å². The number of carbonyl (C=O) groups is 1.